The molecular weight excluding hydrogens is 447 g/mol. The number of esters is 1. The number of aliphatic carboxylic acids is 2. The molecule has 0 atom stereocenters. The molecule has 10 nitrogen and oxygen atoms in total. The first-order valence-electron chi connectivity index (χ1n) is 9.98. The molecule has 1 aromatic rings. The summed E-state index contributed by atoms with van der Waals surface area (Å²) in [5, 5.41) is 18.5. The van der Waals surface area contributed by atoms with E-state index in [0.717, 1.165) is 11.4 Å². The summed E-state index contributed by atoms with van der Waals surface area (Å²) in [6.45, 7) is 3.51. The van der Waals surface area contributed by atoms with Crippen molar-refractivity contribution in [3.63, 3.8) is 0 Å². The number of fused-ring (bicyclic) bond motifs is 2. The molecule has 0 amide bonds. The first-order chi connectivity index (χ1) is 14.4. The van der Waals surface area contributed by atoms with Crippen molar-refractivity contribution in [2.45, 2.75) is 25.9 Å². The van der Waals surface area contributed by atoms with Crippen LogP contribution < -0.4 is 0 Å². The summed E-state index contributed by atoms with van der Waals surface area (Å²) in [5.74, 6) is -2.07. The minimum Gasteiger partial charge on any atom is -0.480 e. The Kier molecular flexibility index (Phi) is 12.3. The fourth-order valence-electron chi connectivity index (χ4n) is 3.42. The average Bonchev–Trinajstić information content (AvgIpc) is 2.67. The molecule has 2 heterocycles. The molecule has 0 spiro atoms. The molecule has 1 radical (unpaired) electrons. The summed E-state index contributed by atoms with van der Waals surface area (Å²) >= 11 is 0. The number of carboxylic acid groups (broad SMARTS) is 2. The van der Waals surface area contributed by atoms with Crippen molar-refractivity contribution in [3.8, 4) is 0 Å². The zero-order valence-electron chi connectivity index (χ0n) is 17.7. The molecule has 1 aromatic heterocycles. The molecule has 0 saturated heterocycles. The van der Waals surface area contributed by atoms with E-state index in [9.17, 15) is 24.6 Å². The van der Waals surface area contributed by atoms with Crippen molar-refractivity contribution in [2.24, 2.45) is 0 Å². The van der Waals surface area contributed by atoms with E-state index in [1.807, 2.05) is 28.0 Å². The van der Waals surface area contributed by atoms with Crippen LogP contribution in [-0.2, 0) is 49.3 Å². The van der Waals surface area contributed by atoms with E-state index in [2.05, 4.69) is 14.6 Å². The minimum absolute atomic E-state index is 0. The molecule has 2 bridgehead atoms. The molecule has 31 heavy (non-hydrogen) atoms. The largest absolute Gasteiger partial charge is 0.480 e. The molecule has 173 valence electrons. The molecule has 1 aliphatic rings. The van der Waals surface area contributed by atoms with Crippen molar-refractivity contribution in [3.05, 3.63) is 29.6 Å². The van der Waals surface area contributed by atoms with Gasteiger partial charge < -0.3 is 19.8 Å². The van der Waals surface area contributed by atoms with Crippen molar-refractivity contribution in [1.29, 1.82) is 0 Å². The molecule has 0 fully saturated rings. The van der Waals surface area contributed by atoms with Gasteiger partial charge in [0, 0.05) is 62.8 Å². The molecule has 0 saturated carbocycles. The summed E-state index contributed by atoms with van der Waals surface area (Å²) in [6.07, 6.45) is 0.921. The van der Waals surface area contributed by atoms with E-state index in [4.69, 9.17) is 0 Å². The molecule has 1 aliphatic heterocycles. The Balaban J connectivity index is 0.00000480. The summed E-state index contributed by atoms with van der Waals surface area (Å²) in [4.78, 5) is 44.4. The summed E-state index contributed by atoms with van der Waals surface area (Å²) < 4.78 is 4.68. The topological polar surface area (TPSA) is 124 Å². The van der Waals surface area contributed by atoms with Gasteiger partial charge in [-0.25, -0.2) is 0 Å². The van der Waals surface area contributed by atoms with Crippen LogP contribution in [0.5, 0.6) is 0 Å². The number of pyridine rings is 1. The van der Waals surface area contributed by atoms with Crippen LogP contribution in [-0.4, -0.2) is 101 Å². The Morgan fingerprint density at radius 3 is 1.87 bits per heavy atom. The van der Waals surface area contributed by atoms with Gasteiger partial charge in [-0.1, -0.05) is 6.07 Å². The van der Waals surface area contributed by atoms with E-state index >= 15 is 0 Å². The third-order valence-electron chi connectivity index (χ3n) is 4.90. The maximum atomic E-state index is 11.4. The second-order valence-electron chi connectivity index (χ2n) is 7.35. The maximum Gasteiger partial charge on any atom is 0.317 e. The van der Waals surface area contributed by atoms with E-state index in [-0.39, 0.29) is 36.1 Å². The third-order valence-corrected chi connectivity index (χ3v) is 4.90. The average molecular weight is 477 g/mol. The van der Waals surface area contributed by atoms with Crippen LogP contribution in [0.4, 0.5) is 0 Å². The van der Waals surface area contributed by atoms with Crippen molar-refractivity contribution < 1.29 is 46.4 Å². The Morgan fingerprint density at radius 2 is 1.42 bits per heavy atom. The van der Waals surface area contributed by atoms with E-state index in [1.165, 1.54) is 7.11 Å². The number of carbonyl (C=O) groups excluding carboxylic acids is 1. The molecule has 11 heteroatoms. The van der Waals surface area contributed by atoms with Crippen LogP contribution in [0.3, 0.4) is 0 Å². The summed E-state index contributed by atoms with van der Waals surface area (Å²) in [6, 6.07) is 5.56. The monoisotopic (exact) mass is 477 g/mol. The second kappa shape index (κ2) is 14.1. The fraction of sp³-hybridized carbons (Fsp3) is 0.600. The second-order valence-corrected chi connectivity index (χ2v) is 7.35. The normalized spacial score (nSPS) is 16.4. The SMILES string of the molecule is COC(=O)CCCN1CCN(CC(=O)O)Cc2cccc(n2)CN(CC(=O)O)CC1.[Mn]. The number of aromatic nitrogens is 1. The first-order valence-corrected chi connectivity index (χ1v) is 9.98. The Bertz CT molecular complexity index is 690. The number of hydrogen-bond acceptors (Lipinski definition) is 8. The van der Waals surface area contributed by atoms with E-state index in [0.29, 0.717) is 58.7 Å². The Labute approximate surface area is 192 Å². The van der Waals surface area contributed by atoms with Crippen molar-refractivity contribution in [1.82, 2.24) is 19.7 Å². The van der Waals surface area contributed by atoms with Gasteiger partial charge in [0.2, 0.25) is 0 Å². The predicted molar refractivity (Wildman–Crippen MR) is 108 cm³/mol. The van der Waals surface area contributed by atoms with Crippen LogP contribution in [0.2, 0.25) is 0 Å². The number of carboxylic acids is 2. The van der Waals surface area contributed by atoms with E-state index < -0.39 is 11.9 Å². The molecule has 0 unspecified atom stereocenters. The smallest absolute Gasteiger partial charge is 0.317 e. The summed E-state index contributed by atoms with van der Waals surface area (Å²) in [5.41, 5.74) is 1.50. The zero-order chi connectivity index (χ0) is 21.9. The first kappa shape index (κ1) is 27.0. The summed E-state index contributed by atoms with van der Waals surface area (Å²) in [7, 11) is 1.36. The van der Waals surface area contributed by atoms with Crippen LogP contribution in [0.15, 0.2) is 18.2 Å². The number of nitrogens with zero attached hydrogens (tertiary/aromatic N) is 4. The van der Waals surface area contributed by atoms with Gasteiger partial charge in [0.15, 0.2) is 0 Å². The van der Waals surface area contributed by atoms with Crippen LogP contribution in [0, 0.1) is 0 Å². The number of ether oxygens (including phenoxy) is 1. The number of methoxy groups -OCH3 is 1. The van der Waals surface area contributed by atoms with Gasteiger partial charge in [-0.2, -0.15) is 0 Å². The molecular formula is C20H30MnN4O6. The Morgan fingerprint density at radius 1 is 0.935 bits per heavy atom. The minimum atomic E-state index is -0.900. The fourth-order valence-corrected chi connectivity index (χ4v) is 3.42. The standard InChI is InChI=1S/C20H30N4O6.Mn/c1-30-20(29)6-3-7-22-8-10-23(14-18(25)26)12-16-4-2-5-17(21-16)13-24(11-9-22)15-19(27)28;/h2,4-5H,3,6-15H2,1H3,(H,25,26)(H,27,28);. The van der Waals surface area contributed by atoms with Crippen LogP contribution >= 0.6 is 0 Å². The van der Waals surface area contributed by atoms with Gasteiger partial charge in [-0.3, -0.25) is 29.2 Å². The van der Waals surface area contributed by atoms with Gasteiger partial charge in [-0.05, 0) is 25.1 Å². The quantitative estimate of drug-likeness (QED) is 0.394. The van der Waals surface area contributed by atoms with Crippen molar-refractivity contribution in [2.75, 3.05) is 52.9 Å². The molecule has 2 rings (SSSR count). The maximum absolute atomic E-state index is 11.4. The van der Waals surface area contributed by atoms with Crippen LogP contribution in [0.1, 0.15) is 24.2 Å². The Hall–Kier alpha value is -2.04. The van der Waals surface area contributed by atoms with Gasteiger partial charge in [0.1, 0.15) is 0 Å². The van der Waals surface area contributed by atoms with Gasteiger partial charge >= 0.3 is 17.9 Å². The molecule has 0 aliphatic carbocycles. The number of carbonyl (C=O) groups is 3. The van der Waals surface area contributed by atoms with Crippen LogP contribution in [0.25, 0.3) is 0 Å². The van der Waals surface area contributed by atoms with E-state index in [1.54, 1.807) is 0 Å². The van der Waals surface area contributed by atoms with Gasteiger partial charge in [-0.15, -0.1) is 0 Å². The number of hydrogen-bond donors (Lipinski definition) is 2. The van der Waals surface area contributed by atoms with Gasteiger partial charge in [0.25, 0.3) is 0 Å². The van der Waals surface area contributed by atoms with Crippen molar-refractivity contribution >= 4 is 17.9 Å². The van der Waals surface area contributed by atoms with Gasteiger partial charge in [0.05, 0.1) is 31.6 Å². The molecule has 2 N–H and O–H groups in total. The third kappa shape index (κ3) is 10.7. The zero-order valence-corrected chi connectivity index (χ0v) is 18.9. The number of rotatable bonds is 8. The predicted octanol–water partition coefficient (Wildman–Crippen LogP) is 0.121. The molecule has 0 aromatic carbocycles.